The number of halogens is 3. The Morgan fingerprint density at radius 3 is 2.43 bits per heavy atom. The fourth-order valence-electron chi connectivity index (χ4n) is 0.647. The van der Waals surface area contributed by atoms with Gasteiger partial charge < -0.3 is 0 Å². The normalized spacial score (nSPS) is 11.4. The fourth-order valence-corrected chi connectivity index (χ4v) is 0.647. The first-order valence-electron chi connectivity index (χ1n) is 3.22. The van der Waals surface area contributed by atoms with Crippen molar-refractivity contribution in [2.45, 2.75) is 6.18 Å². The van der Waals surface area contributed by atoms with Gasteiger partial charge in [-0.3, -0.25) is 4.89 Å². The van der Waals surface area contributed by atoms with Crippen molar-refractivity contribution >= 4 is 0 Å². The lowest BCUT2D eigenvalue weighted by Crippen LogP contribution is -2.06. The average molecular weight is 211 g/mol. The number of hydrogen-bond acceptors (Lipinski definition) is 5. The molecular weight excluding hydrogens is 207 g/mol. The molecule has 8 heteroatoms. The van der Waals surface area contributed by atoms with E-state index in [1.54, 1.807) is 0 Å². The Bertz CT molecular complexity index is 286. The number of rotatable bonds is 3. The van der Waals surface area contributed by atoms with Crippen molar-refractivity contribution in [3.05, 3.63) is 23.9 Å². The lowest BCUT2D eigenvalue weighted by atomic mass is 10.3. The highest BCUT2D eigenvalue weighted by molar-refractivity contribution is 5.19. The van der Waals surface area contributed by atoms with Gasteiger partial charge in [0.15, 0.2) is 0 Å². The Hall–Kier alpha value is -1.38. The van der Waals surface area contributed by atoms with Crippen molar-refractivity contribution in [2.24, 2.45) is 0 Å². The molecule has 0 bridgehead atoms. The van der Waals surface area contributed by atoms with Crippen molar-refractivity contribution in [1.82, 2.24) is 4.98 Å². The molecule has 0 fully saturated rings. The van der Waals surface area contributed by atoms with E-state index in [2.05, 4.69) is 19.9 Å². The number of hydrogen-bond donors (Lipinski definition) is 1. The molecule has 1 rings (SSSR count). The van der Waals surface area contributed by atoms with E-state index in [0.717, 1.165) is 12.1 Å². The molecule has 0 radical (unpaired) electrons. The Morgan fingerprint density at radius 1 is 1.29 bits per heavy atom. The molecule has 0 spiro atoms. The van der Waals surface area contributed by atoms with Crippen molar-refractivity contribution < 1.29 is 33.4 Å². The van der Waals surface area contributed by atoms with Gasteiger partial charge in [0, 0.05) is 17.3 Å². The van der Waals surface area contributed by atoms with Crippen LogP contribution in [0.3, 0.4) is 0 Å². The van der Waals surface area contributed by atoms with Gasteiger partial charge in [0.25, 0.3) is 5.88 Å². The van der Waals surface area contributed by atoms with Gasteiger partial charge >= 0.3 is 6.18 Å². The minimum Gasteiger partial charge on any atom is -0.285 e. The Morgan fingerprint density at radius 2 is 2.00 bits per heavy atom. The molecule has 1 aromatic rings. The summed E-state index contributed by atoms with van der Waals surface area (Å²) in [6.07, 6.45) is -3.91. The molecular formula is C6H4F3NO4. The molecule has 0 saturated heterocycles. The predicted molar refractivity (Wildman–Crippen MR) is 34.7 cm³/mol. The third kappa shape index (κ3) is 2.83. The van der Waals surface area contributed by atoms with Gasteiger partial charge in [-0.1, -0.05) is 0 Å². The molecule has 0 aromatic carbocycles. The van der Waals surface area contributed by atoms with Crippen molar-refractivity contribution in [3.8, 4) is 5.88 Å². The summed E-state index contributed by atoms with van der Waals surface area (Å²) >= 11 is 0. The first-order chi connectivity index (χ1) is 6.54. The van der Waals surface area contributed by atoms with Crippen LogP contribution in [0.1, 0.15) is 5.56 Å². The van der Waals surface area contributed by atoms with Crippen molar-refractivity contribution in [3.63, 3.8) is 0 Å². The highest BCUT2D eigenvalue weighted by Gasteiger charge is 2.30. The maximum absolute atomic E-state index is 12.0. The molecule has 0 saturated carbocycles. The van der Waals surface area contributed by atoms with E-state index in [4.69, 9.17) is 5.26 Å². The fraction of sp³-hybridized carbons (Fsp3) is 0.167. The van der Waals surface area contributed by atoms with E-state index in [1.807, 2.05) is 0 Å². The predicted octanol–water partition coefficient (Wildman–Crippen LogP) is 1.82. The number of aromatic nitrogens is 1. The first-order valence-corrected chi connectivity index (χ1v) is 3.22. The summed E-state index contributed by atoms with van der Waals surface area (Å²) in [4.78, 5) is 7.30. The van der Waals surface area contributed by atoms with E-state index < -0.39 is 11.7 Å². The van der Waals surface area contributed by atoms with Crippen LogP contribution in [0.5, 0.6) is 5.88 Å². The summed E-state index contributed by atoms with van der Waals surface area (Å²) in [6.45, 7) is 0. The van der Waals surface area contributed by atoms with Crippen LogP contribution in [0.2, 0.25) is 0 Å². The molecule has 14 heavy (non-hydrogen) atoms. The Balaban J connectivity index is 2.69. The molecule has 0 aliphatic heterocycles. The minimum atomic E-state index is -4.46. The lowest BCUT2D eigenvalue weighted by molar-refractivity contribution is -0.594. The standard InChI is InChI=1S/C6H4F3NO4/c7-6(8,9)4-1-2-5(10-3-4)12-14-13-11/h1-3,11H. The van der Waals surface area contributed by atoms with E-state index in [1.165, 1.54) is 0 Å². The third-order valence-corrected chi connectivity index (χ3v) is 1.21. The van der Waals surface area contributed by atoms with Gasteiger partial charge in [0.2, 0.25) is 0 Å². The Labute approximate surface area is 75.4 Å². The summed E-state index contributed by atoms with van der Waals surface area (Å²) in [5.74, 6) is -0.285. The molecule has 5 nitrogen and oxygen atoms in total. The summed E-state index contributed by atoms with van der Waals surface area (Å²) in [5.41, 5.74) is -0.922. The lowest BCUT2D eigenvalue weighted by Gasteiger charge is -2.05. The van der Waals surface area contributed by atoms with Gasteiger partial charge in [-0.2, -0.15) is 13.2 Å². The van der Waals surface area contributed by atoms with Crippen LogP contribution >= 0.6 is 0 Å². The summed E-state index contributed by atoms with van der Waals surface area (Å²) in [7, 11) is 0. The monoisotopic (exact) mass is 211 g/mol. The van der Waals surface area contributed by atoms with Gasteiger partial charge in [-0.05, 0) is 11.1 Å². The molecule has 0 unspecified atom stereocenters. The molecule has 78 valence electrons. The summed E-state index contributed by atoms with van der Waals surface area (Å²) in [6, 6.07) is 1.64. The van der Waals surface area contributed by atoms with Crippen LogP contribution in [-0.4, -0.2) is 10.2 Å². The van der Waals surface area contributed by atoms with Crippen LogP contribution in [0.4, 0.5) is 13.2 Å². The minimum absolute atomic E-state index is 0.285. The van der Waals surface area contributed by atoms with Gasteiger partial charge in [0.05, 0.1) is 5.56 Å². The molecule has 0 atom stereocenters. The number of alkyl halides is 3. The van der Waals surface area contributed by atoms with Crippen molar-refractivity contribution in [2.75, 3.05) is 0 Å². The van der Waals surface area contributed by atoms with Gasteiger partial charge in [-0.25, -0.2) is 10.2 Å². The second kappa shape index (κ2) is 4.22. The van der Waals surface area contributed by atoms with Crippen LogP contribution in [0, 0.1) is 0 Å². The zero-order valence-corrected chi connectivity index (χ0v) is 6.49. The van der Waals surface area contributed by atoms with Crippen LogP contribution in [-0.2, 0) is 16.3 Å². The quantitative estimate of drug-likeness (QED) is 0.610. The zero-order chi connectivity index (χ0) is 10.6. The molecule has 1 aromatic heterocycles. The van der Waals surface area contributed by atoms with E-state index in [9.17, 15) is 13.2 Å². The van der Waals surface area contributed by atoms with Gasteiger partial charge in [0.1, 0.15) is 0 Å². The SMILES string of the molecule is OOOOc1ccc(C(F)(F)F)cn1. The zero-order valence-electron chi connectivity index (χ0n) is 6.49. The summed E-state index contributed by atoms with van der Waals surface area (Å²) < 4.78 is 36.0. The number of nitrogens with zero attached hydrogens (tertiary/aromatic N) is 1. The third-order valence-electron chi connectivity index (χ3n) is 1.21. The van der Waals surface area contributed by atoms with Crippen LogP contribution in [0.25, 0.3) is 0 Å². The van der Waals surface area contributed by atoms with E-state index in [0.29, 0.717) is 6.20 Å². The summed E-state index contributed by atoms with van der Waals surface area (Å²) in [5, 5.41) is 14.3. The van der Waals surface area contributed by atoms with Crippen molar-refractivity contribution in [1.29, 1.82) is 0 Å². The first kappa shape index (κ1) is 10.7. The van der Waals surface area contributed by atoms with Crippen LogP contribution < -0.4 is 4.89 Å². The van der Waals surface area contributed by atoms with Crippen LogP contribution in [0.15, 0.2) is 18.3 Å². The molecule has 1 heterocycles. The molecule has 0 aliphatic carbocycles. The Kier molecular flexibility index (Phi) is 3.23. The molecule has 0 amide bonds. The second-order valence-corrected chi connectivity index (χ2v) is 2.11. The molecule has 0 aliphatic rings. The maximum atomic E-state index is 12.0. The second-order valence-electron chi connectivity index (χ2n) is 2.11. The smallest absolute Gasteiger partial charge is 0.285 e. The number of pyridine rings is 1. The van der Waals surface area contributed by atoms with E-state index in [-0.39, 0.29) is 5.88 Å². The van der Waals surface area contributed by atoms with Gasteiger partial charge in [-0.15, -0.1) is 0 Å². The highest BCUT2D eigenvalue weighted by Crippen LogP contribution is 2.29. The highest BCUT2D eigenvalue weighted by atomic mass is 19.4. The topological polar surface area (TPSA) is 60.8 Å². The molecule has 1 N–H and O–H groups in total. The average Bonchev–Trinajstić information content (AvgIpc) is 2.14. The van der Waals surface area contributed by atoms with E-state index >= 15 is 0 Å². The maximum Gasteiger partial charge on any atom is 0.417 e. The largest absolute Gasteiger partial charge is 0.417 e.